The van der Waals surface area contributed by atoms with Crippen molar-refractivity contribution in [2.75, 3.05) is 23.7 Å². The predicted molar refractivity (Wildman–Crippen MR) is 89.2 cm³/mol. The molecule has 0 aromatic heterocycles. The Morgan fingerprint density at radius 1 is 1.16 bits per heavy atom. The molecule has 25 heavy (non-hydrogen) atoms. The van der Waals surface area contributed by atoms with Crippen molar-refractivity contribution >= 4 is 23.2 Å². The Labute approximate surface area is 144 Å². The van der Waals surface area contributed by atoms with Gasteiger partial charge in [0.05, 0.1) is 12.0 Å². The van der Waals surface area contributed by atoms with Crippen molar-refractivity contribution in [1.82, 2.24) is 4.90 Å². The number of halogens is 3. The average molecular weight is 357 g/mol. The number of likely N-dealkylation sites (tertiary alicyclic amines) is 1. The summed E-state index contributed by atoms with van der Waals surface area (Å²) in [6.07, 6.45) is -3.69. The van der Waals surface area contributed by atoms with E-state index in [-0.39, 0.29) is 24.8 Å². The Morgan fingerprint density at radius 3 is 2.24 bits per heavy atom. The van der Waals surface area contributed by atoms with E-state index < -0.39 is 18.1 Å². The maximum Gasteiger partial charge on any atom is 0.393 e. The van der Waals surface area contributed by atoms with Crippen LogP contribution in [0.4, 0.5) is 24.5 Å². The van der Waals surface area contributed by atoms with Crippen LogP contribution in [0.1, 0.15) is 26.7 Å². The Kier molecular flexibility index (Phi) is 6.05. The van der Waals surface area contributed by atoms with Gasteiger partial charge in [-0.3, -0.25) is 14.5 Å². The van der Waals surface area contributed by atoms with Gasteiger partial charge in [-0.05, 0) is 50.6 Å². The molecule has 2 atom stereocenters. The quantitative estimate of drug-likeness (QED) is 0.870. The molecule has 1 aliphatic heterocycles. The van der Waals surface area contributed by atoms with Crippen LogP contribution in [-0.4, -0.2) is 42.0 Å². The minimum absolute atomic E-state index is 0.110. The van der Waals surface area contributed by atoms with E-state index in [1.807, 2.05) is 0 Å². The first-order chi connectivity index (χ1) is 11.7. The van der Waals surface area contributed by atoms with Crippen LogP contribution in [0.15, 0.2) is 24.3 Å². The predicted octanol–water partition coefficient (Wildman–Crippen LogP) is 3.25. The summed E-state index contributed by atoms with van der Waals surface area (Å²) >= 11 is 0. The Balaban J connectivity index is 1.94. The number of piperidine rings is 1. The highest BCUT2D eigenvalue weighted by Gasteiger charge is 2.43. The van der Waals surface area contributed by atoms with Crippen LogP contribution in [0.5, 0.6) is 0 Å². The third-order valence-corrected chi connectivity index (χ3v) is 4.32. The summed E-state index contributed by atoms with van der Waals surface area (Å²) in [6.45, 7) is 3.33. The second kappa shape index (κ2) is 7.86. The first-order valence-electron chi connectivity index (χ1n) is 8.16. The molecule has 1 aromatic carbocycles. The van der Waals surface area contributed by atoms with E-state index in [1.54, 1.807) is 36.1 Å². The van der Waals surface area contributed by atoms with Gasteiger partial charge in [-0.2, -0.15) is 13.2 Å². The lowest BCUT2D eigenvalue weighted by Gasteiger charge is -2.36. The van der Waals surface area contributed by atoms with Gasteiger partial charge in [0, 0.05) is 24.8 Å². The lowest BCUT2D eigenvalue weighted by atomic mass is 9.96. The summed E-state index contributed by atoms with van der Waals surface area (Å²) in [6, 6.07) is 5.89. The molecule has 0 spiro atoms. The van der Waals surface area contributed by atoms with E-state index in [0.717, 1.165) is 0 Å². The number of rotatable bonds is 4. The van der Waals surface area contributed by atoms with Crippen LogP contribution in [0, 0.1) is 5.92 Å². The zero-order valence-electron chi connectivity index (χ0n) is 14.2. The molecule has 2 N–H and O–H groups in total. The average Bonchev–Trinajstić information content (AvgIpc) is 2.55. The van der Waals surface area contributed by atoms with Crippen LogP contribution in [0.2, 0.25) is 0 Å². The molecule has 0 bridgehead atoms. The molecule has 138 valence electrons. The third kappa shape index (κ3) is 5.45. The molecule has 5 nitrogen and oxygen atoms in total. The molecule has 0 radical (unpaired) electrons. The summed E-state index contributed by atoms with van der Waals surface area (Å²) in [5, 5.41) is 5.31. The number of hydrogen-bond donors (Lipinski definition) is 2. The number of hydrogen-bond acceptors (Lipinski definition) is 3. The van der Waals surface area contributed by atoms with Gasteiger partial charge in [0.2, 0.25) is 11.8 Å². The van der Waals surface area contributed by atoms with Gasteiger partial charge < -0.3 is 10.6 Å². The first kappa shape index (κ1) is 19.2. The monoisotopic (exact) mass is 357 g/mol. The fourth-order valence-electron chi connectivity index (χ4n) is 2.88. The number of anilines is 2. The van der Waals surface area contributed by atoms with Crippen LogP contribution in [0.25, 0.3) is 0 Å². The summed E-state index contributed by atoms with van der Waals surface area (Å²) in [5.41, 5.74) is 1.12. The maximum absolute atomic E-state index is 12.9. The fourth-order valence-corrected chi connectivity index (χ4v) is 2.88. The number of nitrogens with zero attached hydrogens (tertiary/aromatic N) is 1. The number of carbonyl (C=O) groups excluding carboxylic acids is 2. The topological polar surface area (TPSA) is 61.4 Å². The second-order valence-electron chi connectivity index (χ2n) is 6.30. The lowest BCUT2D eigenvalue weighted by molar-refractivity contribution is -0.188. The van der Waals surface area contributed by atoms with Crippen molar-refractivity contribution in [2.24, 2.45) is 5.92 Å². The van der Waals surface area contributed by atoms with E-state index in [1.165, 1.54) is 6.92 Å². The minimum atomic E-state index is -4.23. The molecule has 2 amide bonds. The van der Waals surface area contributed by atoms with Crippen LogP contribution in [-0.2, 0) is 9.59 Å². The third-order valence-electron chi connectivity index (χ3n) is 4.32. The van der Waals surface area contributed by atoms with Crippen LogP contribution >= 0.6 is 0 Å². The number of benzene rings is 1. The van der Waals surface area contributed by atoms with Gasteiger partial charge >= 0.3 is 6.18 Å². The van der Waals surface area contributed by atoms with Crippen molar-refractivity contribution in [3.63, 3.8) is 0 Å². The fraction of sp³-hybridized carbons (Fsp3) is 0.529. The summed E-state index contributed by atoms with van der Waals surface area (Å²) in [7, 11) is 0. The molecule has 1 aromatic rings. The summed E-state index contributed by atoms with van der Waals surface area (Å²) in [5.74, 6) is -1.93. The van der Waals surface area contributed by atoms with Gasteiger partial charge in [-0.15, -0.1) is 0 Å². The molecule has 1 aliphatic rings. The summed E-state index contributed by atoms with van der Waals surface area (Å²) in [4.78, 5) is 24.9. The molecule has 0 unspecified atom stereocenters. The van der Waals surface area contributed by atoms with Gasteiger partial charge in [-0.25, -0.2) is 0 Å². The van der Waals surface area contributed by atoms with Gasteiger partial charge in [0.25, 0.3) is 0 Å². The maximum atomic E-state index is 12.9. The van der Waals surface area contributed by atoms with E-state index >= 15 is 0 Å². The molecule has 0 saturated carbocycles. The molecule has 1 saturated heterocycles. The zero-order chi connectivity index (χ0) is 18.6. The van der Waals surface area contributed by atoms with E-state index in [9.17, 15) is 22.8 Å². The largest absolute Gasteiger partial charge is 0.393 e. The van der Waals surface area contributed by atoms with E-state index in [2.05, 4.69) is 10.6 Å². The standard InChI is InChI=1S/C17H22F3N3O2/c1-11(23-9-3-4-13(10-23)17(18,19)20)16(25)22-15-7-5-14(6-8-15)21-12(2)24/h5-8,11,13H,3-4,9-10H2,1-2H3,(H,21,24)(H,22,25)/t11-,13+/m1/s1. The zero-order valence-corrected chi connectivity index (χ0v) is 14.2. The molecular weight excluding hydrogens is 335 g/mol. The van der Waals surface area contributed by atoms with Gasteiger partial charge in [0.15, 0.2) is 0 Å². The minimum Gasteiger partial charge on any atom is -0.326 e. The first-order valence-corrected chi connectivity index (χ1v) is 8.16. The van der Waals surface area contributed by atoms with Crippen molar-refractivity contribution in [1.29, 1.82) is 0 Å². The number of nitrogens with one attached hydrogen (secondary N) is 2. The van der Waals surface area contributed by atoms with Crippen molar-refractivity contribution in [2.45, 2.75) is 38.9 Å². The Bertz CT molecular complexity index is 617. The van der Waals surface area contributed by atoms with Gasteiger partial charge in [-0.1, -0.05) is 0 Å². The Morgan fingerprint density at radius 2 is 1.72 bits per heavy atom. The molecule has 1 heterocycles. The van der Waals surface area contributed by atoms with Crippen molar-refractivity contribution < 1.29 is 22.8 Å². The number of amides is 2. The SMILES string of the molecule is CC(=O)Nc1ccc(NC(=O)[C@@H](C)N2CCC[C@H](C(F)(F)F)C2)cc1. The van der Waals surface area contributed by atoms with Crippen molar-refractivity contribution in [3.05, 3.63) is 24.3 Å². The highest BCUT2D eigenvalue weighted by Crippen LogP contribution is 2.33. The molecule has 8 heteroatoms. The normalized spacial score (nSPS) is 20.0. The molecule has 1 fully saturated rings. The Hall–Kier alpha value is -2.09. The van der Waals surface area contributed by atoms with Crippen molar-refractivity contribution in [3.8, 4) is 0 Å². The second-order valence-corrected chi connectivity index (χ2v) is 6.30. The highest BCUT2D eigenvalue weighted by atomic mass is 19.4. The molecule has 0 aliphatic carbocycles. The van der Waals surface area contributed by atoms with Crippen LogP contribution < -0.4 is 10.6 Å². The van der Waals surface area contributed by atoms with Gasteiger partial charge in [0.1, 0.15) is 0 Å². The smallest absolute Gasteiger partial charge is 0.326 e. The summed E-state index contributed by atoms with van der Waals surface area (Å²) < 4.78 is 38.7. The molecular formula is C17H22F3N3O2. The molecule has 2 rings (SSSR count). The lowest BCUT2D eigenvalue weighted by Crippen LogP contribution is -2.49. The highest BCUT2D eigenvalue weighted by molar-refractivity contribution is 5.95. The van der Waals surface area contributed by atoms with E-state index in [4.69, 9.17) is 0 Å². The van der Waals surface area contributed by atoms with E-state index in [0.29, 0.717) is 24.3 Å². The van der Waals surface area contributed by atoms with Crippen LogP contribution in [0.3, 0.4) is 0 Å². The number of carbonyl (C=O) groups is 2. The number of alkyl halides is 3.